The Hall–Kier alpha value is -1.29. The molecule has 0 saturated heterocycles. The highest BCUT2D eigenvalue weighted by molar-refractivity contribution is 6.30. The molecule has 0 aromatic heterocycles. The van der Waals surface area contributed by atoms with Gasteiger partial charge < -0.3 is 11.1 Å². The van der Waals surface area contributed by atoms with Crippen molar-refractivity contribution in [3.63, 3.8) is 0 Å². The van der Waals surface area contributed by atoms with E-state index in [2.05, 4.69) is 10.3 Å². The van der Waals surface area contributed by atoms with Gasteiger partial charge in [-0.3, -0.25) is 0 Å². The van der Waals surface area contributed by atoms with Gasteiger partial charge in [0.15, 0.2) is 5.96 Å². The third-order valence-corrected chi connectivity index (χ3v) is 3.50. The van der Waals surface area contributed by atoms with Crippen LogP contribution in [0, 0.1) is 11.7 Å². The summed E-state index contributed by atoms with van der Waals surface area (Å²) in [6, 6.07) is 4.56. The quantitative estimate of drug-likeness (QED) is 0.652. The number of nitrogens with zero attached hydrogens (tertiary/aromatic N) is 1. The molecule has 5 heteroatoms. The summed E-state index contributed by atoms with van der Waals surface area (Å²) >= 11 is 5.69. The number of hydrogen-bond acceptors (Lipinski definition) is 1. The molecule has 98 valence electrons. The third-order valence-electron chi connectivity index (χ3n) is 3.21. The fourth-order valence-corrected chi connectivity index (χ4v) is 2.02. The molecule has 2 rings (SSSR count). The minimum Gasteiger partial charge on any atom is -0.370 e. The average molecular weight is 270 g/mol. The molecule has 0 atom stereocenters. The molecule has 1 aliphatic rings. The monoisotopic (exact) mass is 269 g/mol. The summed E-state index contributed by atoms with van der Waals surface area (Å²) in [6.45, 7) is 1.29. The van der Waals surface area contributed by atoms with Crippen molar-refractivity contribution in [2.75, 3.05) is 6.54 Å². The fourth-order valence-electron chi connectivity index (χ4n) is 1.82. The van der Waals surface area contributed by atoms with Crippen molar-refractivity contribution in [2.24, 2.45) is 16.6 Å². The number of nitrogens with two attached hydrogens (primary N) is 1. The van der Waals surface area contributed by atoms with Gasteiger partial charge in [0.2, 0.25) is 0 Å². The highest BCUT2D eigenvalue weighted by atomic mass is 35.5. The van der Waals surface area contributed by atoms with Crippen molar-refractivity contribution in [1.82, 2.24) is 5.32 Å². The van der Waals surface area contributed by atoms with Crippen LogP contribution >= 0.6 is 11.6 Å². The molecule has 3 nitrogen and oxygen atoms in total. The first-order chi connectivity index (χ1) is 8.65. The molecule has 1 aliphatic carbocycles. The summed E-state index contributed by atoms with van der Waals surface area (Å²) in [5.41, 5.74) is 6.59. The lowest BCUT2D eigenvalue weighted by Gasteiger charge is -2.25. The van der Waals surface area contributed by atoms with E-state index in [1.807, 2.05) is 0 Å². The van der Waals surface area contributed by atoms with E-state index in [0.29, 0.717) is 12.5 Å². The van der Waals surface area contributed by atoms with Crippen LogP contribution in [0.25, 0.3) is 0 Å². The van der Waals surface area contributed by atoms with Gasteiger partial charge in [0.05, 0.1) is 11.6 Å². The van der Waals surface area contributed by atoms with Crippen molar-refractivity contribution < 1.29 is 4.39 Å². The van der Waals surface area contributed by atoms with E-state index in [4.69, 9.17) is 17.3 Å². The van der Waals surface area contributed by atoms with E-state index >= 15 is 0 Å². The van der Waals surface area contributed by atoms with Crippen LogP contribution < -0.4 is 11.1 Å². The van der Waals surface area contributed by atoms with Gasteiger partial charge in [0, 0.05) is 6.54 Å². The number of halogens is 2. The molecular weight excluding hydrogens is 253 g/mol. The van der Waals surface area contributed by atoms with Gasteiger partial charge in [-0.2, -0.15) is 0 Å². The summed E-state index contributed by atoms with van der Waals surface area (Å²) in [4.78, 5) is 4.20. The molecule has 0 radical (unpaired) electrons. The number of rotatable bonds is 4. The zero-order valence-electron chi connectivity index (χ0n) is 10.1. The van der Waals surface area contributed by atoms with Crippen molar-refractivity contribution in [2.45, 2.75) is 25.8 Å². The normalized spacial score (nSPS) is 16.4. The predicted molar refractivity (Wildman–Crippen MR) is 72.1 cm³/mol. The minimum absolute atomic E-state index is 0.115. The van der Waals surface area contributed by atoms with Gasteiger partial charge in [-0.25, -0.2) is 9.38 Å². The fraction of sp³-hybridized carbons (Fsp3) is 0.462. The zero-order chi connectivity index (χ0) is 13.0. The summed E-state index contributed by atoms with van der Waals surface area (Å²) in [7, 11) is 0. The number of guanidine groups is 1. The van der Waals surface area contributed by atoms with Crippen LogP contribution in [0.4, 0.5) is 4.39 Å². The van der Waals surface area contributed by atoms with Crippen LogP contribution in [0.3, 0.4) is 0 Å². The molecule has 0 unspecified atom stereocenters. The molecule has 0 amide bonds. The first kappa shape index (κ1) is 13.1. The number of benzene rings is 1. The second kappa shape index (κ2) is 6.05. The zero-order valence-corrected chi connectivity index (χ0v) is 10.9. The van der Waals surface area contributed by atoms with Crippen molar-refractivity contribution in [3.8, 4) is 0 Å². The SMILES string of the molecule is NC(=NCc1ccc(F)c(Cl)c1)NCC1CCC1. The van der Waals surface area contributed by atoms with E-state index in [1.54, 1.807) is 12.1 Å². The maximum absolute atomic E-state index is 12.9. The van der Waals surface area contributed by atoms with E-state index in [0.717, 1.165) is 18.0 Å². The largest absolute Gasteiger partial charge is 0.370 e. The van der Waals surface area contributed by atoms with Gasteiger partial charge in [0.25, 0.3) is 0 Å². The minimum atomic E-state index is -0.416. The highest BCUT2D eigenvalue weighted by Gasteiger charge is 2.16. The van der Waals surface area contributed by atoms with Crippen LogP contribution in [-0.2, 0) is 6.54 Å². The first-order valence-corrected chi connectivity index (χ1v) is 6.50. The van der Waals surface area contributed by atoms with Crippen molar-refractivity contribution in [1.29, 1.82) is 0 Å². The summed E-state index contributed by atoms with van der Waals surface area (Å²) in [5.74, 6) is 0.752. The van der Waals surface area contributed by atoms with Crippen LogP contribution in [0.1, 0.15) is 24.8 Å². The Morgan fingerprint density at radius 1 is 1.50 bits per heavy atom. The smallest absolute Gasteiger partial charge is 0.188 e. The highest BCUT2D eigenvalue weighted by Crippen LogP contribution is 2.25. The Kier molecular flexibility index (Phi) is 4.42. The van der Waals surface area contributed by atoms with Gasteiger partial charge in [0.1, 0.15) is 5.82 Å². The summed E-state index contributed by atoms with van der Waals surface area (Å²) in [6.07, 6.45) is 3.86. The molecule has 18 heavy (non-hydrogen) atoms. The second-order valence-corrected chi connectivity index (χ2v) is 5.03. The third kappa shape index (κ3) is 3.60. The van der Waals surface area contributed by atoms with Crippen LogP contribution in [0.2, 0.25) is 5.02 Å². The first-order valence-electron chi connectivity index (χ1n) is 6.13. The second-order valence-electron chi connectivity index (χ2n) is 4.63. The summed E-state index contributed by atoms with van der Waals surface area (Å²) in [5, 5.41) is 3.22. The van der Waals surface area contributed by atoms with Crippen LogP contribution in [0.15, 0.2) is 23.2 Å². The van der Waals surface area contributed by atoms with Crippen molar-refractivity contribution >= 4 is 17.6 Å². The lowest BCUT2D eigenvalue weighted by molar-refractivity contribution is 0.315. The predicted octanol–water partition coefficient (Wildman–Crippen LogP) is 2.68. The number of hydrogen-bond donors (Lipinski definition) is 2. The molecule has 0 aliphatic heterocycles. The lowest BCUT2D eigenvalue weighted by Crippen LogP contribution is -2.37. The van der Waals surface area contributed by atoms with E-state index in [-0.39, 0.29) is 5.02 Å². The molecular formula is C13H17ClFN3. The molecule has 0 bridgehead atoms. The Balaban J connectivity index is 1.82. The molecule has 1 saturated carbocycles. The average Bonchev–Trinajstić information content (AvgIpc) is 2.29. The van der Waals surface area contributed by atoms with Gasteiger partial charge in [-0.1, -0.05) is 24.1 Å². The molecule has 1 aromatic carbocycles. The lowest BCUT2D eigenvalue weighted by atomic mass is 9.85. The molecule has 1 fully saturated rings. The van der Waals surface area contributed by atoms with Crippen LogP contribution in [0.5, 0.6) is 0 Å². The molecule has 1 aromatic rings. The van der Waals surface area contributed by atoms with E-state index in [9.17, 15) is 4.39 Å². The Labute approximate surface area is 111 Å². The Morgan fingerprint density at radius 3 is 2.89 bits per heavy atom. The maximum Gasteiger partial charge on any atom is 0.188 e. The number of aliphatic imine (C=N–C) groups is 1. The maximum atomic E-state index is 12.9. The van der Waals surface area contributed by atoms with Crippen LogP contribution in [-0.4, -0.2) is 12.5 Å². The Bertz CT molecular complexity index is 444. The Morgan fingerprint density at radius 2 is 2.28 bits per heavy atom. The van der Waals surface area contributed by atoms with E-state index < -0.39 is 5.82 Å². The number of nitrogens with one attached hydrogen (secondary N) is 1. The topological polar surface area (TPSA) is 50.4 Å². The van der Waals surface area contributed by atoms with Gasteiger partial charge >= 0.3 is 0 Å². The molecule has 3 N–H and O–H groups in total. The van der Waals surface area contributed by atoms with E-state index in [1.165, 1.54) is 25.3 Å². The van der Waals surface area contributed by atoms with Gasteiger partial charge in [-0.15, -0.1) is 0 Å². The van der Waals surface area contributed by atoms with Gasteiger partial charge in [-0.05, 0) is 36.5 Å². The molecule has 0 heterocycles. The molecule has 0 spiro atoms. The van der Waals surface area contributed by atoms with Crippen molar-refractivity contribution in [3.05, 3.63) is 34.6 Å². The summed E-state index contributed by atoms with van der Waals surface area (Å²) < 4.78 is 12.9. The standard InChI is InChI=1S/C13H17ClFN3/c14-11-6-10(4-5-12(11)15)8-18-13(16)17-7-9-2-1-3-9/h4-6,9H,1-3,7-8H2,(H3,16,17,18).